The summed E-state index contributed by atoms with van der Waals surface area (Å²) >= 11 is 0. The molecule has 0 aliphatic rings. The van der Waals surface area contributed by atoms with Gasteiger partial charge in [-0.15, -0.1) is 0 Å². The van der Waals surface area contributed by atoms with Gasteiger partial charge in [0, 0.05) is 0 Å². The second kappa shape index (κ2) is 6.93. The molecule has 0 spiro atoms. The minimum atomic E-state index is -3.15. The van der Waals surface area contributed by atoms with Crippen LogP contribution in [-0.4, -0.2) is 13.7 Å². The lowest BCUT2D eigenvalue weighted by molar-refractivity contribution is 0.548. The van der Waals surface area contributed by atoms with E-state index < -0.39 is 9.84 Å². The minimum absolute atomic E-state index is 0.217. The van der Waals surface area contributed by atoms with Crippen LogP contribution in [0.15, 0.2) is 29.2 Å². The van der Waals surface area contributed by atoms with E-state index in [9.17, 15) is 8.42 Å². The van der Waals surface area contributed by atoms with Gasteiger partial charge < -0.3 is 0 Å². The van der Waals surface area contributed by atoms with E-state index in [2.05, 4.69) is 6.92 Å². The smallest absolute Gasteiger partial charge is 0.181 e. The summed E-state index contributed by atoms with van der Waals surface area (Å²) in [5, 5.41) is -0.217. The quantitative estimate of drug-likeness (QED) is 0.745. The van der Waals surface area contributed by atoms with Crippen molar-refractivity contribution in [2.45, 2.75) is 63.0 Å². The maximum atomic E-state index is 12.5. The molecule has 0 aromatic heterocycles. The first-order chi connectivity index (χ1) is 8.52. The molecule has 0 heterocycles. The fourth-order valence-electron chi connectivity index (χ4n) is 2.13. The topological polar surface area (TPSA) is 34.1 Å². The van der Waals surface area contributed by atoms with Crippen LogP contribution in [-0.2, 0) is 9.84 Å². The van der Waals surface area contributed by atoms with E-state index in [0.717, 1.165) is 37.7 Å². The summed E-state index contributed by atoms with van der Waals surface area (Å²) in [4.78, 5) is 0.475. The van der Waals surface area contributed by atoms with E-state index >= 15 is 0 Å². The predicted molar refractivity (Wildman–Crippen MR) is 76.6 cm³/mol. The Bertz CT molecular complexity index is 446. The van der Waals surface area contributed by atoms with Crippen molar-refractivity contribution in [2.24, 2.45) is 0 Å². The van der Waals surface area contributed by atoms with Gasteiger partial charge in [-0.1, -0.05) is 50.8 Å². The van der Waals surface area contributed by atoms with E-state index in [4.69, 9.17) is 0 Å². The van der Waals surface area contributed by atoms with Gasteiger partial charge in [-0.2, -0.15) is 0 Å². The van der Waals surface area contributed by atoms with E-state index in [-0.39, 0.29) is 5.25 Å². The maximum absolute atomic E-state index is 12.5. The zero-order valence-corrected chi connectivity index (χ0v) is 12.5. The minimum Gasteiger partial charge on any atom is -0.223 e. The van der Waals surface area contributed by atoms with Gasteiger partial charge in [-0.3, -0.25) is 0 Å². The molecule has 1 rings (SSSR count). The number of unbranched alkanes of at least 4 members (excludes halogenated alkanes) is 1. The standard InChI is InChI=1S/C15H24O2S/c1-4-6-8-14(7-5-2)18(16,17)15-11-9-13(3)10-12-15/h9-12,14H,4-8H2,1-3H3. The average molecular weight is 268 g/mol. The van der Waals surface area contributed by atoms with Crippen LogP contribution < -0.4 is 0 Å². The van der Waals surface area contributed by atoms with Crippen LogP contribution in [0, 0.1) is 6.92 Å². The van der Waals surface area contributed by atoms with Crippen LogP contribution in [0.25, 0.3) is 0 Å². The Labute approximate surface area is 111 Å². The lowest BCUT2D eigenvalue weighted by atomic mass is 10.1. The summed E-state index contributed by atoms with van der Waals surface area (Å²) in [6.45, 7) is 6.11. The summed E-state index contributed by atoms with van der Waals surface area (Å²) in [5.41, 5.74) is 1.09. The Hall–Kier alpha value is -0.830. The van der Waals surface area contributed by atoms with Crippen LogP contribution in [0.5, 0.6) is 0 Å². The van der Waals surface area contributed by atoms with Crippen molar-refractivity contribution in [2.75, 3.05) is 0 Å². The van der Waals surface area contributed by atoms with E-state index in [0.29, 0.717) is 4.90 Å². The molecule has 0 N–H and O–H groups in total. The molecule has 1 aromatic rings. The van der Waals surface area contributed by atoms with Crippen LogP contribution in [0.1, 0.15) is 51.5 Å². The number of hydrogen-bond acceptors (Lipinski definition) is 2. The molecule has 0 radical (unpaired) electrons. The zero-order chi connectivity index (χ0) is 13.6. The molecule has 0 saturated carbocycles. The fourth-order valence-corrected chi connectivity index (χ4v) is 4.05. The number of sulfone groups is 1. The number of benzene rings is 1. The average Bonchev–Trinajstić information content (AvgIpc) is 2.35. The summed E-state index contributed by atoms with van der Waals surface area (Å²) in [6, 6.07) is 7.21. The second-order valence-corrected chi connectivity index (χ2v) is 7.14. The Morgan fingerprint density at radius 2 is 1.61 bits per heavy atom. The highest BCUT2D eigenvalue weighted by Gasteiger charge is 2.25. The van der Waals surface area contributed by atoms with Gasteiger partial charge in [0.25, 0.3) is 0 Å². The second-order valence-electron chi connectivity index (χ2n) is 4.91. The molecule has 0 fully saturated rings. The van der Waals surface area contributed by atoms with Crippen LogP contribution in [0.2, 0.25) is 0 Å². The highest BCUT2D eigenvalue weighted by atomic mass is 32.2. The third-order valence-corrected chi connectivity index (χ3v) is 5.56. The molecule has 0 aliphatic carbocycles. The molecule has 102 valence electrons. The van der Waals surface area contributed by atoms with E-state index in [1.807, 2.05) is 26.0 Å². The van der Waals surface area contributed by atoms with Gasteiger partial charge in [-0.05, 0) is 31.9 Å². The molecule has 1 aromatic carbocycles. The molecule has 0 aliphatic heterocycles. The molecular formula is C15H24O2S. The Kier molecular flexibility index (Phi) is 5.86. The third-order valence-electron chi connectivity index (χ3n) is 3.28. The van der Waals surface area contributed by atoms with Crippen molar-refractivity contribution in [1.82, 2.24) is 0 Å². The number of hydrogen-bond donors (Lipinski definition) is 0. The maximum Gasteiger partial charge on any atom is 0.181 e. The third kappa shape index (κ3) is 3.84. The molecule has 1 atom stereocenters. The first kappa shape index (κ1) is 15.2. The molecule has 0 amide bonds. The van der Waals surface area contributed by atoms with Crippen molar-refractivity contribution in [3.8, 4) is 0 Å². The summed E-state index contributed by atoms with van der Waals surface area (Å²) < 4.78 is 25.1. The normalized spacial score (nSPS) is 13.5. The molecule has 0 bridgehead atoms. The van der Waals surface area contributed by atoms with E-state index in [1.54, 1.807) is 12.1 Å². The van der Waals surface area contributed by atoms with Crippen molar-refractivity contribution in [3.05, 3.63) is 29.8 Å². The molecule has 18 heavy (non-hydrogen) atoms. The first-order valence-electron chi connectivity index (χ1n) is 6.83. The van der Waals surface area contributed by atoms with Crippen molar-refractivity contribution in [3.63, 3.8) is 0 Å². The number of rotatable bonds is 7. The molecule has 2 nitrogen and oxygen atoms in total. The Balaban J connectivity index is 2.96. The Morgan fingerprint density at radius 3 is 2.11 bits per heavy atom. The lowest BCUT2D eigenvalue weighted by Crippen LogP contribution is -2.21. The molecule has 1 unspecified atom stereocenters. The first-order valence-corrected chi connectivity index (χ1v) is 8.37. The van der Waals surface area contributed by atoms with Gasteiger partial charge in [0.1, 0.15) is 0 Å². The SMILES string of the molecule is CCCCC(CCC)S(=O)(=O)c1ccc(C)cc1. The van der Waals surface area contributed by atoms with Gasteiger partial charge in [-0.25, -0.2) is 8.42 Å². The summed E-state index contributed by atoms with van der Waals surface area (Å²) in [6.07, 6.45) is 4.48. The molecule has 3 heteroatoms. The van der Waals surface area contributed by atoms with Crippen molar-refractivity contribution < 1.29 is 8.42 Å². The lowest BCUT2D eigenvalue weighted by Gasteiger charge is -2.17. The van der Waals surface area contributed by atoms with Gasteiger partial charge in [0.05, 0.1) is 10.1 Å². The molecule has 0 saturated heterocycles. The van der Waals surface area contributed by atoms with Gasteiger partial charge in [0.2, 0.25) is 0 Å². The summed E-state index contributed by atoms with van der Waals surface area (Å²) in [7, 11) is -3.15. The summed E-state index contributed by atoms with van der Waals surface area (Å²) in [5.74, 6) is 0. The monoisotopic (exact) mass is 268 g/mol. The van der Waals surface area contributed by atoms with Crippen LogP contribution in [0.4, 0.5) is 0 Å². The van der Waals surface area contributed by atoms with E-state index in [1.165, 1.54) is 0 Å². The van der Waals surface area contributed by atoms with Gasteiger partial charge >= 0.3 is 0 Å². The largest absolute Gasteiger partial charge is 0.223 e. The number of aryl methyl sites for hydroxylation is 1. The van der Waals surface area contributed by atoms with Crippen molar-refractivity contribution in [1.29, 1.82) is 0 Å². The Morgan fingerprint density at radius 1 is 1.00 bits per heavy atom. The van der Waals surface area contributed by atoms with Crippen LogP contribution in [0.3, 0.4) is 0 Å². The van der Waals surface area contributed by atoms with Gasteiger partial charge in [0.15, 0.2) is 9.84 Å². The zero-order valence-electron chi connectivity index (χ0n) is 11.6. The highest BCUT2D eigenvalue weighted by molar-refractivity contribution is 7.92. The van der Waals surface area contributed by atoms with Crippen molar-refractivity contribution >= 4 is 9.84 Å². The molecular weight excluding hydrogens is 244 g/mol. The predicted octanol–water partition coefficient (Wildman–Crippen LogP) is 4.13. The van der Waals surface area contributed by atoms with Crippen LogP contribution >= 0.6 is 0 Å². The fraction of sp³-hybridized carbons (Fsp3) is 0.600. The highest BCUT2D eigenvalue weighted by Crippen LogP contribution is 2.23.